The van der Waals surface area contributed by atoms with Gasteiger partial charge in [-0.05, 0) is 32.4 Å². The minimum absolute atomic E-state index is 0.330. The van der Waals surface area contributed by atoms with Gasteiger partial charge in [-0.2, -0.15) is 0 Å². The van der Waals surface area contributed by atoms with Gasteiger partial charge in [-0.25, -0.2) is 0 Å². The summed E-state index contributed by atoms with van der Waals surface area (Å²) in [6.07, 6.45) is 2.77. The van der Waals surface area contributed by atoms with Crippen LogP contribution in [-0.4, -0.2) is 36.1 Å². The van der Waals surface area contributed by atoms with Crippen molar-refractivity contribution >= 4 is 5.84 Å². The van der Waals surface area contributed by atoms with E-state index >= 15 is 0 Å². The molecule has 14 heavy (non-hydrogen) atoms. The molecule has 4 nitrogen and oxygen atoms in total. The van der Waals surface area contributed by atoms with Crippen molar-refractivity contribution in [2.45, 2.75) is 33.1 Å². The Kier molecular flexibility index (Phi) is 7.20. The van der Waals surface area contributed by atoms with Crippen LogP contribution in [0, 0.1) is 5.92 Å². The molecule has 0 heterocycles. The molecule has 0 aromatic carbocycles. The summed E-state index contributed by atoms with van der Waals surface area (Å²) in [5.41, 5.74) is 5.36. The van der Waals surface area contributed by atoms with E-state index in [0.717, 1.165) is 25.9 Å². The average Bonchev–Trinajstić information content (AvgIpc) is 2.10. The first-order valence-corrected chi connectivity index (χ1v) is 5.21. The van der Waals surface area contributed by atoms with Gasteiger partial charge < -0.3 is 15.8 Å². The molecule has 0 amide bonds. The predicted molar refractivity (Wildman–Crippen MR) is 59.6 cm³/mol. The third-order valence-electron chi connectivity index (χ3n) is 2.03. The van der Waals surface area contributed by atoms with E-state index < -0.39 is 0 Å². The first-order chi connectivity index (χ1) is 6.56. The summed E-state index contributed by atoms with van der Waals surface area (Å²) in [4.78, 5) is 2.32. The highest BCUT2D eigenvalue weighted by molar-refractivity contribution is 5.79. The van der Waals surface area contributed by atoms with Crippen LogP contribution in [0.2, 0.25) is 0 Å². The summed E-state index contributed by atoms with van der Waals surface area (Å²) >= 11 is 0. The van der Waals surface area contributed by atoms with Gasteiger partial charge >= 0.3 is 0 Å². The van der Waals surface area contributed by atoms with Gasteiger partial charge in [-0.1, -0.05) is 19.0 Å². The Bertz CT molecular complexity index is 169. The highest BCUT2D eigenvalue weighted by Crippen LogP contribution is 2.00. The summed E-state index contributed by atoms with van der Waals surface area (Å²) in [7, 11) is 2.13. The second-order valence-electron chi connectivity index (χ2n) is 4.20. The molecular formula is C10H23N3O. The number of amidine groups is 1. The fraction of sp³-hybridized carbons (Fsp3) is 0.900. The van der Waals surface area contributed by atoms with Crippen LogP contribution < -0.4 is 5.73 Å². The van der Waals surface area contributed by atoms with E-state index in [-0.39, 0.29) is 0 Å². The molecule has 0 aliphatic heterocycles. The molecule has 0 radical (unpaired) electrons. The molecule has 0 unspecified atom stereocenters. The highest BCUT2D eigenvalue weighted by Gasteiger charge is 2.01. The molecule has 3 N–H and O–H groups in total. The summed E-state index contributed by atoms with van der Waals surface area (Å²) in [5.74, 6) is 1.04. The predicted octanol–water partition coefficient (Wildman–Crippen LogP) is 1.49. The number of hydrogen-bond acceptors (Lipinski definition) is 3. The van der Waals surface area contributed by atoms with E-state index in [4.69, 9.17) is 10.9 Å². The van der Waals surface area contributed by atoms with Crippen molar-refractivity contribution in [3.63, 3.8) is 0 Å². The minimum Gasteiger partial charge on any atom is -0.409 e. The van der Waals surface area contributed by atoms with Crippen LogP contribution in [-0.2, 0) is 0 Å². The zero-order valence-electron chi connectivity index (χ0n) is 9.53. The molecule has 0 saturated heterocycles. The van der Waals surface area contributed by atoms with Crippen LogP contribution in [0.25, 0.3) is 0 Å². The van der Waals surface area contributed by atoms with Gasteiger partial charge in [0.25, 0.3) is 0 Å². The number of hydrogen-bond donors (Lipinski definition) is 2. The highest BCUT2D eigenvalue weighted by atomic mass is 16.4. The summed E-state index contributed by atoms with van der Waals surface area (Å²) < 4.78 is 0. The number of nitrogens with zero attached hydrogens (tertiary/aromatic N) is 2. The van der Waals surface area contributed by atoms with E-state index in [1.54, 1.807) is 0 Å². The standard InChI is InChI=1S/C10H23N3O/c1-9(2)8-13(3)7-5-4-6-10(11)12-14/h9,14H,4-8H2,1-3H3,(H2,11,12). The molecule has 4 heteroatoms. The molecular weight excluding hydrogens is 178 g/mol. The van der Waals surface area contributed by atoms with Crippen LogP contribution >= 0.6 is 0 Å². The maximum atomic E-state index is 8.31. The van der Waals surface area contributed by atoms with Gasteiger partial charge in [0, 0.05) is 13.0 Å². The molecule has 0 atom stereocenters. The van der Waals surface area contributed by atoms with Crippen molar-refractivity contribution < 1.29 is 5.21 Å². The van der Waals surface area contributed by atoms with E-state index in [9.17, 15) is 0 Å². The third-order valence-corrected chi connectivity index (χ3v) is 2.03. The van der Waals surface area contributed by atoms with E-state index in [2.05, 4.69) is 31.0 Å². The molecule has 0 aromatic rings. The fourth-order valence-corrected chi connectivity index (χ4v) is 1.45. The Morgan fingerprint density at radius 1 is 1.43 bits per heavy atom. The van der Waals surface area contributed by atoms with Crippen molar-refractivity contribution in [2.75, 3.05) is 20.1 Å². The van der Waals surface area contributed by atoms with Gasteiger partial charge in [0.15, 0.2) is 0 Å². The molecule has 0 rings (SSSR count). The lowest BCUT2D eigenvalue weighted by Gasteiger charge is -2.18. The van der Waals surface area contributed by atoms with E-state index in [0.29, 0.717) is 18.2 Å². The largest absolute Gasteiger partial charge is 0.409 e. The lowest BCUT2D eigenvalue weighted by Crippen LogP contribution is -2.24. The Hall–Kier alpha value is -0.770. The van der Waals surface area contributed by atoms with Gasteiger partial charge in [0.1, 0.15) is 5.84 Å². The van der Waals surface area contributed by atoms with E-state index in [1.807, 2.05) is 0 Å². The van der Waals surface area contributed by atoms with Crippen molar-refractivity contribution in [3.8, 4) is 0 Å². The van der Waals surface area contributed by atoms with Crippen LogP contribution in [0.5, 0.6) is 0 Å². The van der Waals surface area contributed by atoms with Crippen molar-refractivity contribution in [1.29, 1.82) is 0 Å². The molecule has 0 aliphatic rings. The summed E-state index contributed by atoms with van der Waals surface area (Å²) in [6.45, 7) is 6.64. The first kappa shape index (κ1) is 13.2. The van der Waals surface area contributed by atoms with Crippen molar-refractivity contribution in [1.82, 2.24) is 4.90 Å². The monoisotopic (exact) mass is 201 g/mol. The first-order valence-electron chi connectivity index (χ1n) is 5.21. The zero-order chi connectivity index (χ0) is 11.0. The lowest BCUT2D eigenvalue weighted by molar-refractivity contribution is 0.289. The van der Waals surface area contributed by atoms with Crippen LogP contribution in [0.4, 0.5) is 0 Å². The summed E-state index contributed by atoms with van der Waals surface area (Å²) in [5, 5.41) is 11.2. The van der Waals surface area contributed by atoms with Gasteiger partial charge in [0.2, 0.25) is 0 Å². The molecule has 0 fully saturated rings. The van der Waals surface area contributed by atoms with Crippen molar-refractivity contribution in [3.05, 3.63) is 0 Å². The number of unbranched alkanes of at least 4 members (excludes halogenated alkanes) is 1. The quantitative estimate of drug-likeness (QED) is 0.216. The molecule has 0 aliphatic carbocycles. The maximum Gasteiger partial charge on any atom is 0.139 e. The molecule has 84 valence electrons. The SMILES string of the molecule is CC(C)CN(C)CCCC/C(N)=N/O. The topological polar surface area (TPSA) is 61.8 Å². The number of nitrogens with two attached hydrogens (primary N) is 1. The Balaban J connectivity index is 3.36. The molecule has 0 spiro atoms. The summed E-state index contributed by atoms with van der Waals surface area (Å²) in [6, 6.07) is 0. The Morgan fingerprint density at radius 2 is 2.07 bits per heavy atom. The zero-order valence-corrected chi connectivity index (χ0v) is 9.53. The van der Waals surface area contributed by atoms with Crippen LogP contribution in [0.1, 0.15) is 33.1 Å². The molecule has 0 bridgehead atoms. The Labute approximate surface area is 86.8 Å². The lowest BCUT2D eigenvalue weighted by atomic mass is 10.2. The average molecular weight is 201 g/mol. The normalized spacial score (nSPS) is 12.8. The number of rotatable bonds is 7. The number of oxime groups is 1. The molecule has 0 saturated carbocycles. The third kappa shape index (κ3) is 7.86. The fourth-order valence-electron chi connectivity index (χ4n) is 1.45. The van der Waals surface area contributed by atoms with Crippen LogP contribution in [0.3, 0.4) is 0 Å². The van der Waals surface area contributed by atoms with Gasteiger partial charge in [-0.3, -0.25) is 0 Å². The van der Waals surface area contributed by atoms with Crippen molar-refractivity contribution in [2.24, 2.45) is 16.8 Å². The van der Waals surface area contributed by atoms with Gasteiger partial charge in [-0.15, -0.1) is 0 Å². The second kappa shape index (κ2) is 7.62. The molecule has 0 aromatic heterocycles. The maximum absolute atomic E-state index is 8.31. The van der Waals surface area contributed by atoms with Gasteiger partial charge in [0.05, 0.1) is 0 Å². The van der Waals surface area contributed by atoms with Crippen LogP contribution in [0.15, 0.2) is 5.16 Å². The Morgan fingerprint density at radius 3 is 2.57 bits per heavy atom. The minimum atomic E-state index is 0.330. The van der Waals surface area contributed by atoms with E-state index in [1.165, 1.54) is 0 Å². The smallest absolute Gasteiger partial charge is 0.139 e. The second-order valence-corrected chi connectivity index (χ2v) is 4.20.